The van der Waals surface area contributed by atoms with Crippen LogP contribution >= 0.6 is 34.5 Å². The van der Waals surface area contributed by atoms with Crippen molar-refractivity contribution in [2.24, 2.45) is 0 Å². The summed E-state index contributed by atoms with van der Waals surface area (Å²) in [5.41, 5.74) is 3.01. The molecule has 38 heavy (non-hydrogen) atoms. The van der Waals surface area contributed by atoms with Crippen LogP contribution in [0.3, 0.4) is 0 Å². The number of ether oxygens (including phenoxy) is 2. The molecule has 0 radical (unpaired) electrons. The van der Waals surface area contributed by atoms with Crippen LogP contribution in [0.25, 0.3) is 17.3 Å². The molecule has 0 unspecified atom stereocenters. The van der Waals surface area contributed by atoms with Crippen LogP contribution in [-0.4, -0.2) is 35.7 Å². The second kappa shape index (κ2) is 14.3. The van der Waals surface area contributed by atoms with Gasteiger partial charge in [-0.25, -0.2) is 9.78 Å². The third-order valence-electron chi connectivity index (χ3n) is 5.74. The minimum absolute atomic E-state index is 0.0688. The summed E-state index contributed by atoms with van der Waals surface area (Å²) < 4.78 is 11.6. The van der Waals surface area contributed by atoms with Crippen molar-refractivity contribution in [1.82, 2.24) is 4.98 Å². The number of carboxylic acid groups (broad SMARTS) is 1. The predicted octanol–water partition coefficient (Wildman–Crippen LogP) is 7.96. The number of benzene rings is 2. The number of carbonyl (C=O) groups excluding carboxylic acids is 1. The van der Waals surface area contributed by atoms with Crippen LogP contribution in [0.4, 0.5) is 5.13 Å². The van der Waals surface area contributed by atoms with Crippen LogP contribution in [0.15, 0.2) is 41.3 Å². The Bertz CT molecular complexity index is 1300. The van der Waals surface area contributed by atoms with E-state index in [1.54, 1.807) is 7.11 Å². The second-order valence-corrected chi connectivity index (χ2v) is 10.3. The zero-order chi connectivity index (χ0) is 27.7. The number of hydrogen-bond acceptors (Lipinski definition) is 6. The van der Waals surface area contributed by atoms with E-state index in [-0.39, 0.29) is 21.2 Å². The quantitative estimate of drug-likeness (QED) is 0.158. The first-order valence-electron chi connectivity index (χ1n) is 12.2. The molecule has 1 heterocycles. The summed E-state index contributed by atoms with van der Waals surface area (Å²) in [6.07, 6.45) is 5.94. The number of unbranched alkanes of at least 4 members (excludes halogenated alkanes) is 3. The molecule has 7 nitrogen and oxygen atoms in total. The molecule has 202 valence electrons. The van der Waals surface area contributed by atoms with Crippen LogP contribution < -0.4 is 10.1 Å². The van der Waals surface area contributed by atoms with Gasteiger partial charge >= 0.3 is 5.97 Å². The van der Waals surface area contributed by atoms with Gasteiger partial charge in [-0.2, -0.15) is 0 Å². The van der Waals surface area contributed by atoms with Crippen LogP contribution in [-0.2, 0) is 16.1 Å². The molecular weight excluding hydrogens is 547 g/mol. The molecule has 0 aliphatic rings. The normalized spacial score (nSPS) is 11.4. The Labute approximate surface area is 236 Å². The lowest BCUT2D eigenvalue weighted by atomic mass is 10.1. The number of halogens is 2. The zero-order valence-electron chi connectivity index (χ0n) is 21.5. The minimum atomic E-state index is -1.09. The number of para-hydroxylation sites is 1. The maximum atomic E-state index is 12.9. The van der Waals surface area contributed by atoms with Gasteiger partial charge in [0.15, 0.2) is 5.13 Å². The van der Waals surface area contributed by atoms with Gasteiger partial charge in [0.2, 0.25) is 0 Å². The number of thiazole rings is 1. The zero-order valence-corrected chi connectivity index (χ0v) is 23.8. The molecule has 0 aliphatic heterocycles. The van der Waals surface area contributed by atoms with Gasteiger partial charge in [0.05, 0.1) is 29.5 Å². The fourth-order valence-electron chi connectivity index (χ4n) is 3.71. The minimum Gasteiger partial charge on any atom is -0.496 e. The van der Waals surface area contributed by atoms with E-state index in [0.717, 1.165) is 24.0 Å². The highest BCUT2D eigenvalue weighted by molar-refractivity contribution is 7.14. The lowest BCUT2D eigenvalue weighted by Gasteiger charge is -2.13. The number of hydrogen-bond donors (Lipinski definition) is 2. The number of aromatic nitrogens is 1. The van der Waals surface area contributed by atoms with E-state index in [2.05, 4.69) is 17.2 Å². The Hall–Kier alpha value is -2.91. The highest BCUT2D eigenvalue weighted by Crippen LogP contribution is 2.35. The molecule has 10 heteroatoms. The summed E-state index contributed by atoms with van der Waals surface area (Å²) >= 11 is 13.9. The highest BCUT2D eigenvalue weighted by atomic mass is 35.5. The van der Waals surface area contributed by atoms with Crippen molar-refractivity contribution >= 4 is 57.6 Å². The summed E-state index contributed by atoms with van der Waals surface area (Å²) in [7, 11) is 1.61. The first-order valence-corrected chi connectivity index (χ1v) is 13.8. The van der Waals surface area contributed by atoms with E-state index < -0.39 is 11.9 Å². The molecule has 1 amide bonds. The fourth-order valence-corrected chi connectivity index (χ4v) is 5.01. The average molecular weight is 578 g/mol. The third-order valence-corrected chi connectivity index (χ3v) is 7.12. The predicted molar refractivity (Wildman–Crippen MR) is 154 cm³/mol. The Kier molecular flexibility index (Phi) is 11.2. The Morgan fingerprint density at radius 3 is 2.55 bits per heavy atom. The van der Waals surface area contributed by atoms with Crippen molar-refractivity contribution < 1.29 is 24.2 Å². The van der Waals surface area contributed by atoms with Gasteiger partial charge in [0.1, 0.15) is 5.75 Å². The number of nitrogens with one attached hydrogen (secondary N) is 1. The van der Waals surface area contributed by atoms with Gasteiger partial charge in [-0.3, -0.25) is 10.1 Å². The average Bonchev–Trinajstić information content (AvgIpc) is 3.35. The lowest BCUT2D eigenvalue weighted by molar-refractivity contribution is -0.132. The molecule has 0 spiro atoms. The maximum absolute atomic E-state index is 12.9. The molecule has 0 saturated heterocycles. The van der Waals surface area contributed by atoms with Crippen LogP contribution in [0.1, 0.15) is 61.0 Å². The van der Waals surface area contributed by atoms with Crippen LogP contribution in [0, 0.1) is 0 Å². The van der Waals surface area contributed by atoms with Crippen molar-refractivity contribution in [3.8, 4) is 17.0 Å². The first-order chi connectivity index (χ1) is 18.2. The number of anilines is 1. The molecule has 0 bridgehead atoms. The Balaban J connectivity index is 1.73. The van der Waals surface area contributed by atoms with Gasteiger partial charge in [-0.1, -0.05) is 61.5 Å². The van der Waals surface area contributed by atoms with Crippen molar-refractivity contribution in [2.75, 3.05) is 19.0 Å². The Morgan fingerprint density at radius 2 is 1.89 bits per heavy atom. The first kappa shape index (κ1) is 29.6. The SMILES string of the molecule is CCCCCCOCc1cccc(-c2csc(NC(=O)c3cc(Cl)c(/C=C(\C)C(=O)O)c(Cl)c3)n2)c1OC. The largest absolute Gasteiger partial charge is 0.496 e. The summed E-state index contributed by atoms with van der Waals surface area (Å²) in [4.78, 5) is 28.6. The number of aliphatic carboxylic acids is 1. The van der Waals surface area contributed by atoms with Gasteiger partial charge < -0.3 is 14.6 Å². The molecule has 0 saturated carbocycles. The van der Waals surface area contributed by atoms with E-state index in [9.17, 15) is 9.59 Å². The maximum Gasteiger partial charge on any atom is 0.331 e. The molecule has 0 fully saturated rings. The van der Waals surface area contributed by atoms with Gasteiger partial charge in [0.25, 0.3) is 5.91 Å². The molecule has 1 aromatic heterocycles. The Morgan fingerprint density at radius 1 is 1.16 bits per heavy atom. The van der Waals surface area contributed by atoms with Crippen molar-refractivity contribution in [1.29, 1.82) is 0 Å². The number of nitrogens with zero attached hydrogens (tertiary/aromatic N) is 1. The summed E-state index contributed by atoms with van der Waals surface area (Å²) in [5, 5.41) is 14.4. The number of amides is 1. The van der Waals surface area contributed by atoms with E-state index in [1.165, 1.54) is 49.3 Å². The summed E-state index contributed by atoms with van der Waals surface area (Å²) in [6, 6.07) is 8.68. The monoisotopic (exact) mass is 576 g/mol. The van der Waals surface area contributed by atoms with Crippen molar-refractivity contribution in [3.05, 3.63) is 68.0 Å². The number of methoxy groups -OCH3 is 1. The van der Waals surface area contributed by atoms with E-state index in [4.69, 9.17) is 37.8 Å². The van der Waals surface area contributed by atoms with Gasteiger partial charge in [0, 0.05) is 39.8 Å². The lowest BCUT2D eigenvalue weighted by Crippen LogP contribution is -2.12. The summed E-state index contributed by atoms with van der Waals surface area (Å²) in [5.74, 6) is -0.851. The fraction of sp³-hybridized carbons (Fsp3) is 0.321. The number of rotatable bonds is 13. The molecule has 3 aromatic rings. The topological polar surface area (TPSA) is 97.8 Å². The van der Waals surface area contributed by atoms with Crippen molar-refractivity contribution in [3.63, 3.8) is 0 Å². The van der Waals surface area contributed by atoms with E-state index >= 15 is 0 Å². The standard InChI is InChI=1S/C28H30Cl2N2O5S/c1-4-5-6-7-11-37-15-18-9-8-10-20(25(18)36-3)24-16-38-28(31-24)32-26(33)19-13-22(29)21(23(30)14-19)12-17(2)27(34)35/h8-10,12-14,16H,4-7,11,15H2,1-3H3,(H,34,35)(H,31,32,33)/b17-12+. The second-order valence-electron chi connectivity index (χ2n) is 8.59. The summed E-state index contributed by atoms with van der Waals surface area (Å²) in [6.45, 7) is 4.75. The molecular formula is C28H30Cl2N2O5S. The highest BCUT2D eigenvalue weighted by Gasteiger charge is 2.17. The van der Waals surface area contributed by atoms with Crippen molar-refractivity contribution in [2.45, 2.75) is 46.1 Å². The van der Waals surface area contributed by atoms with E-state index in [0.29, 0.717) is 35.4 Å². The third kappa shape index (κ3) is 7.80. The number of carbonyl (C=O) groups is 2. The molecule has 2 N–H and O–H groups in total. The smallest absolute Gasteiger partial charge is 0.331 e. The van der Waals surface area contributed by atoms with E-state index in [1.807, 2.05) is 23.6 Å². The molecule has 0 aliphatic carbocycles. The van der Waals surface area contributed by atoms with Crippen LogP contribution in [0.5, 0.6) is 5.75 Å². The number of carboxylic acids is 1. The molecule has 0 atom stereocenters. The molecule has 2 aromatic carbocycles. The molecule has 3 rings (SSSR count). The van der Waals surface area contributed by atoms with Gasteiger partial charge in [-0.05, 0) is 37.6 Å². The van der Waals surface area contributed by atoms with Crippen LogP contribution in [0.2, 0.25) is 10.0 Å². The van der Waals surface area contributed by atoms with Gasteiger partial charge in [-0.15, -0.1) is 11.3 Å².